The Labute approximate surface area is 110 Å². The van der Waals surface area contributed by atoms with Gasteiger partial charge < -0.3 is 9.84 Å². The van der Waals surface area contributed by atoms with E-state index in [4.69, 9.17) is 9.84 Å². The molecule has 5 nitrogen and oxygen atoms in total. The van der Waals surface area contributed by atoms with Crippen molar-refractivity contribution in [3.05, 3.63) is 42.2 Å². The van der Waals surface area contributed by atoms with Gasteiger partial charge in [0.15, 0.2) is 0 Å². The van der Waals surface area contributed by atoms with E-state index in [1.807, 2.05) is 30.3 Å². The number of rotatable bonds is 5. The van der Waals surface area contributed by atoms with E-state index in [1.165, 1.54) is 0 Å². The molecule has 0 aliphatic rings. The fourth-order valence-electron chi connectivity index (χ4n) is 1.61. The molecule has 0 saturated heterocycles. The standard InChI is InChI=1S/C14H14N2O3/c1-10-15-12(11-5-3-2-4-6-11)9-13(16-10)19-8-7-14(17)18/h2-6,9H,7-8H2,1H3,(H,17,18). The summed E-state index contributed by atoms with van der Waals surface area (Å²) < 4.78 is 5.33. The summed E-state index contributed by atoms with van der Waals surface area (Å²) >= 11 is 0. The van der Waals surface area contributed by atoms with Crippen LogP contribution in [-0.2, 0) is 4.79 Å². The first-order chi connectivity index (χ1) is 9.15. The van der Waals surface area contributed by atoms with Crippen LogP contribution in [0, 0.1) is 6.92 Å². The summed E-state index contributed by atoms with van der Waals surface area (Å²) in [6.07, 6.45) is -0.0519. The Morgan fingerprint density at radius 1 is 1.26 bits per heavy atom. The van der Waals surface area contributed by atoms with Crippen LogP contribution in [0.3, 0.4) is 0 Å². The molecule has 0 saturated carbocycles. The quantitative estimate of drug-likeness (QED) is 0.890. The fourth-order valence-corrected chi connectivity index (χ4v) is 1.61. The normalized spacial score (nSPS) is 10.2. The van der Waals surface area contributed by atoms with Crippen LogP contribution >= 0.6 is 0 Å². The summed E-state index contributed by atoms with van der Waals surface area (Å²) in [6.45, 7) is 1.87. The molecule has 2 rings (SSSR count). The number of aliphatic carboxylic acids is 1. The Morgan fingerprint density at radius 3 is 2.68 bits per heavy atom. The summed E-state index contributed by atoms with van der Waals surface area (Å²) in [5.41, 5.74) is 1.73. The molecular weight excluding hydrogens is 244 g/mol. The lowest BCUT2D eigenvalue weighted by Gasteiger charge is -2.07. The minimum Gasteiger partial charge on any atom is -0.481 e. The summed E-state index contributed by atoms with van der Waals surface area (Å²) in [5.74, 6) is 0.0911. The molecule has 1 heterocycles. The Morgan fingerprint density at radius 2 is 2.00 bits per heavy atom. The highest BCUT2D eigenvalue weighted by atomic mass is 16.5. The van der Waals surface area contributed by atoms with E-state index in [1.54, 1.807) is 13.0 Å². The van der Waals surface area contributed by atoms with Gasteiger partial charge in [-0.1, -0.05) is 30.3 Å². The first-order valence-corrected chi connectivity index (χ1v) is 5.91. The molecule has 1 aromatic heterocycles. The largest absolute Gasteiger partial charge is 0.481 e. The first-order valence-electron chi connectivity index (χ1n) is 5.91. The van der Waals surface area contributed by atoms with Crippen molar-refractivity contribution in [2.24, 2.45) is 0 Å². The Bertz CT molecular complexity index is 570. The van der Waals surface area contributed by atoms with Crippen LogP contribution in [0.15, 0.2) is 36.4 Å². The first kappa shape index (κ1) is 13.0. The number of carboxylic acid groups (broad SMARTS) is 1. The Hall–Kier alpha value is -2.43. The summed E-state index contributed by atoms with van der Waals surface area (Å²) in [6, 6.07) is 11.4. The average molecular weight is 258 g/mol. The van der Waals surface area contributed by atoms with E-state index >= 15 is 0 Å². The summed E-state index contributed by atoms with van der Waals surface area (Å²) in [7, 11) is 0. The van der Waals surface area contributed by atoms with Gasteiger partial charge in [0.2, 0.25) is 5.88 Å². The molecule has 0 aliphatic carbocycles. The maximum atomic E-state index is 10.4. The molecule has 0 atom stereocenters. The molecule has 98 valence electrons. The SMILES string of the molecule is Cc1nc(OCCC(=O)O)cc(-c2ccccc2)n1. The molecule has 0 radical (unpaired) electrons. The van der Waals surface area contributed by atoms with Crippen LogP contribution in [0.1, 0.15) is 12.2 Å². The van der Waals surface area contributed by atoms with Crippen LogP contribution in [0.5, 0.6) is 5.88 Å². The lowest BCUT2D eigenvalue weighted by atomic mass is 10.1. The zero-order valence-corrected chi connectivity index (χ0v) is 10.5. The second kappa shape index (κ2) is 5.95. The molecule has 0 unspecified atom stereocenters. The van der Waals surface area contributed by atoms with Gasteiger partial charge in [0.1, 0.15) is 12.4 Å². The van der Waals surface area contributed by atoms with Crippen molar-refractivity contribution < 1.29 is 14.6 Å². The molecule has 5 heteroatoms. The molecule has 0 fully saturated rings. The predicted molar refractivity (Wildman–Crippen MR) is 70.0 cm³/mol. The van der Waals surface area contributed by atoms with Crippen molar-refractivity contribution in [3.8, 4) is 17.1 Å². The van der Waals surface area contributed by atoms with Gasteiger partial charge >= 0.3 is 5.97 Å². The van der Waals surface area contributed by atoms with Gasteiger partial charge in [-0.25, -0.2) is 4.98 Å². The average Bonchev–Trinajstić information content (AvgIpc) is 2.39. The van der Waals surface area contributed by atoms with Crippen LogP contribution in [-0.4, -0.2) is 27.7 Å². The number of benzene rings is 1. The molecular formula is C14H14N2O3. The van der Waals surface area contributed by atoms with E-state index < -0.39 is 5.97 Å². The van der Waals surface area contributed by atoms with E-state index in [2.05, 4.69) is 9.97 Å². The molecule has 19 heavy (non-hydrogen) atoms. The molecule has 0 amide bonds. The second-order valence-electron chi connectivity index (χ2n) is 4.00. The van der Waals surface area contributed by atoms with Crippen LogP contribution < -0.4 is 4.74 Å². The Kier molecular flexibility index (Phi) is 4.07. The third-order valence-electron chi connectivity index (χ3n) is 2.45. The number of carbonyl (C=O) groups is 1. The topological polar surface area (TPSA) is 72.3 Å². The highest BCUT2D eigenvalue weighted by molar-refractivity contribution is 5.66. The van der Waals surface area contributed by atoms with Gasteiger partial charge in [-0.05, 0) is 6.92 Å². The molecule has 1 aromatic carbocycles. The smallest absolute Gasteiger partial charge is 0.306 e. The molecule has 0 aliphatic heterocycles. The van der Waals surface area contributed by atoms with Crippen molar-refractivity contribution in [1.82, 2.24) is 9.97 Å². The van der Waals surface area contributed by atoms with Gasteiger partial charge in [-0.3, -0.25) is 4.79 Å². The van der Waals surface area contributed by atoms with Crippen LogP contribution in [0.4, 0.5) is 0 Å². The van der Waals surface area contributed by atoms with Crippen LogP contribution in [0.25, 0.3) is 11.3 Å². The van der Waals surface area contributed by atoms with Crippen molar-refractivity contribution in [2.45, 2.75) is 13.3 Å². The van der Waals surface area contributed by atoms with Crippen LogP contribution in [0.2, 0.25) is 0 Å². The fraction of sp³-hybridized carbons (Fsp3) is 0.214. The van der Waals surface area contributed by atoms with Gasteiger partial charge in [-0.15, -0.1) is 0 Å². The minimum atomic E-state index is -0.894. The number of aryl methyl sites for hydroxylation is 1. The number of nitrogens with zero attached hydrogens (tertiary/aromatic N) is 2. The summed E-state index contributed by atoms with van der Waals surface area (Å²) in [5, 5.41) is 8.57. The van der Waals surface area contributed by atoms with E-state index in [0.717, 1.165) is 11.3 Å². The molecule has 2 aromatic rings. The molecule has 0 spiro atoms. The van der Waals surface area contributed by atoms with Gasteiger partial charge in [-0.2, -0.15) is 4.98 Å². The Balaban J connectivity index is 2.18. The lowest BCUT2D eigenvalue weighted by molar-refractivity contribution is -0.137. The number of ether oxygens (including phenoxy) is 1. The van der Waals surface area contributed by atoms with Gasteiger partial charge in [0.25, 0.3) is 0 Å². The summed E-state index contributed by atoms with van der Waals surface area (Å²) in [4.78, 5) is 18.9. The van der Waals surface area contributed by atoms with E-state index in [-0.39, 0.29) is 13.0 Å². The maximum absolute atomic E-state index is 10.4. The van der Waals surface area contributed by atoms with E-state index in [9.17, 15) is 4.79 Å². The zero-order chi connectivity index (χ0) is 13.7. The zero-order valence-electron chi connectivity index (χ0n) is 10.5. The van der Waals surface area contributed by atoms with Crippen molar-refractivity contribution in [2.75, 3.05) is 6.61 Å². The third kappa shape index (κ3) is 3.77. The third-order valence-corrected chi connectivity index (χ3v) is 2.45. The molecule has 1 N–H and O–H groups in total. The second-order valence-corrected chi connectivity index (χ2v) is 4.00. The van der Waals surface area contributed by atoms with Gasteiger partial charge in [0, 0.05) is 11.6 Å². The van der Waals surface area contributed by atoms with Crippen molar-refractivity contribution in [3.63, 3.8) is 0 Å². The van der Waals surface area contributed by atoms with Crippen molar-refractivity contribution in [1.29, 1.82) is 0 Å². The number of aromatic nitrogens is 2. The highest BCUT2D eigenvalue weighted by Gasteiger charge is 2.06. The van der Waals surface area contributed by atoms with E-state index in [0.29, 0.717) is 11.7 Å². The van der Waals surface area contributed by atoms with Gasteiger partial charge in [0.05, 0.1) is 12.1 Å². The molecule has 0 bridgehead atoms. The minimum absolute atomic E-state index is 0.0519. The number of hydrogen-bond acceptors (Lipinski definition) is 4. The van der Waals surface area contributed by atoms with Crippen molar-refractivity contribution >= 4 is 5.97 Å². The monoisotopic (exact) mass is 258 g/mol. The lowest BCUT2D eigenvalue weighted by Crippen LogP contribution is -2.06. The maximum Gasteiger partial charge on any atom is 0.306 e. The highest BCUT2D eigenvalue weighted by Crippen LogP contribution is 2.20. The number of hydrogen-bond donors (Lipinski definition) is 1. The number of carboxylic acids is 1. The predicted octanol–water partition coefficient (Wildman–Crippen LogP) is 2.31.